The molecule has 0 fully saturated rings. The highest BCUT2D eigenvalue weighted by Gasteiger charge is 2.23. The van der Waals surface area contributed by atoms with Gasteiger partial charge < -0.3 is 31.3 Å². The normalized spacial score (nSPS) is 9.94. The van der Waals surface area contributed by atoms with Gasteiger partial charge in [0.05, 0.1) is 44.8 Å². The van der Waals surface area contributed by atoms with E-state index in [4.69, 9.17) is 19.3 Å². The lowest BCUT2D eigenvalue weighted by Gasteiger charge is -2.16. The molecule has 234 valence electrons. The molecule has 4 aromatic rings. The summed E-state index contributed by atoms with van der Waals surface area (Å²) < 4.78 is 0. The second kappa shape index (κ2) is 14.0. The van der Waals surface area contributed by atoms with Crippen LogP contribution in [0.25, 0.3) is 0 Å². The molecule has 0 aliphatic rings. The molecule has 0 aromatic heterocycles. The van der Waals surface area contributed by atoms with Gasteiger partial charge in [-0.1, -0.05) is 17.8 Å². The van der Waals surface area contributed by atoms with Crippen LogP contribution in [0.4, 0.5) is 17.1 Å². The van der Waals surface area contributed by atoms with Gasteiger partial charge in [0.25, 0.3) is 17.7 Å². The summed E-state index contributed by atoms with van der Waals surface area (Å²) in [6.45, 7) is 0. The maximum atomic E-state index is 13.4. The maximum Gasteiger partial charge on any atom is 0.336 e. The van der Waals surface area contributed by atoms with Gasteiger partial charge in [-0.25, -0.2) is 14.4 Å². The summed E-state index contributed by atoms with van der Waals surface area (Å²) in [4.78, 5) is 75.4. The van der Waals surface area contributed by atoms with E-state index in [0.29, 0.717) is 0 Å². The second-order valence-corrected chi connectivity index (χ2v) is 9.75. The summed E-state index contributed by atoms with van der Waals surface area (Å²) in [6.07, 6.45) is 16.1. The fraction of sp³-hybridized carbons (Fsp3) is 0. The molecule has 0 heterocycles. The summed E-state index contributed by atoms with van der Waals surface area (Å²) in [7, 11) is 0. The van der Waals surface area contributed by atoms with Crippen molar-refractivity contribution in [2.45, 2.75) is 0 Å². The highest BCUT2D eigenvalue weighted by molar-refractivity contribution is 6.16. The summed E-state index contributed by atoms with van der Waals surface area (Å²) in [6, 6.07) is 14.8. The van der Waals surface area contributed by atoms with Gasteiger partial charge >= 0.3 is 17.9 Å². The van der Waals surface area contributed by atoms with Crippen molar-refractivity contribution in [1.82, 2.24) is 0 Å². The Morgan fingerprint density at radius 1 is 0.438 bits per heavy atom. The van der Waals surface area contributed by atoms with E-state index in [-0.39, 0.29) is 56.0 Å². The van der Waals surface area contributed by atoms with E-state index in [9.17, 15) is 44.1 Å². The smallest absolute Gasteiger partial charge is 0.336 e. The number of hydrogen-bond acceptors (Lipinski definition) is 6. The Kier molecular flexibility index (Phi) is 9.70. The average Bonchev–Trinajstić information content (AvgIpc) is 3.08. The van der Waals surface area contributed by atoms with Crippen LogP contribution in [0, 0.1) is 37.0 Å². The quantitative estimate of drug-likeness (QED) is 0.143. The van der Waals surface area contributed by atoms with E-state index in [1.165, 1.54) is 60.7 Å². The predicted octanol–water partition coefficient (Wildman–Crippen LogP) is 4.48. The Morgan fingerprint density at radius 2 is 0.833 bits per heavy atom. The van der Waals surface area contributed by atoms with Crippen molar-refractivity contribution in [3.05, 3.63) is 123 Å². The molecule has 48 heavy (non-hydrogen) atoms. The molecule has 3 amide bonds. The molecule has 0 radical (unpaired) electrons. The third-order valence-corrected chi connectivity index (χ3v) is 6.76. The summed E-state index contributed by atoms with van der Waals surface area (Å²) in [5, 5.41) is 36.4. The van der Waals surface area contributed by atoms with Gasteiger partial charge in [0.15, 0.2) is 0 Å². The number of carboxylic acids is 3. The van der Waals surface area contributed by atoms with Gasteiger partial charge in [-0.15, -0.1) is 19.3 Å². The number of carboxylic acid groups (broad SMARTS) is 3. The van der Waals surface area contributed by atoms with E-state index >= 15 is 0 Å². The van der Waals surface area contributed by atoms with Gasteiger partial charge in [-0.3, -0.25) is 14.4 Å². The van der Waals surface area contributed by atoms with Crippen LogP contribution in [0.3, 0.4) is 0 Å². The van der Waals surface area contributed by atoms with Gasteiger partial charge in [0, 0.05) is 22.4 Å². The molecule has 12 nitrogen and oxygen atoms in total. The van der Waals surface area contributed by atoms with E-state index in [1.54, 1.807) is 0 Å². The molecule has 6 N–H and O–H groups in total. The van der Waals surface area contributed by atoms with Crippen molar-refractivity contribution in [3.8, 4) is 37.0 Å². The predicted molar refractivity (Wildman–Crippen MR) is 174 cm³/mol. The first-order chi connectivity index (χ1) is 22.9. The van der Waals surface area contributed by atoms with Crippen LogP contribution in [0.15, 0.2) is 72.8 Å². The topological polar surface area (TPSA) is 199 Å². The number of carbonyl (C=O) groups is 6. The fourth-order valence-corrected chi connectivity index (χ4v) is 4.44. The summed E-state index contributed by atoms with van der Waals surface area (Å²) in [5.74, 6) is -0.145. The zero-order chi connectivity index (χ0) is 35.1. The number of benzene rings is 4. The molecule has 0 spiro atoms. The number of carbonyl (C=O) groups excluding carboxylic acids is 3. The molecule has 0 saturated heterocycles. The van der Waals surface area contributed by atoms with E-state index < -0.39 is 46.8 Å². The number of anilines is 3. The zero-order valence-electron chi connectivity index (χ0n) is 24.5. The minimum atomic E-state index is -1.45. The number of rotatable bonds is 9. The van der Waals surface area contributed by atoms with Crippen LogP contribution in [-0.2, 0) is 0 Å². The molecule has 0 aliphatic carbocycles. The average molecular weight is 640 g/mol. The Bertz CT molecular complexity index is 2200. The monoisotopic (exact) mass is 639 g/mol. The Morgan fingerprint density at radius 3 is 1.27 bits per heavy atom. The number of terminal acetylenes is 3. The van der Waals surface area contributed by atoms with Crippen molar-refractivity contribution >= 4 is 52.7 Å². The zero-order valence-corrected chi connectivity index (χ0v) is 24.5. The Balaban J connectivity index is 1.77. The lowest BCUT2D eigenvalue weighted by atomic mass is 10.0. The van der Waals surface area contributed by atoms with Crippen LogP contribution < -0.4 is 16.0 Å². The highest BCUT2D eigenvalue weighted by atomic mass is 16.4. The molecule has 4 rings (SSSR count). The van der Waals surface area contributed by atoms with E-state index in [1.807, 2.05) is 0 Å². The van der Waals surface area contributed by atoms with Gasteiger partial charge in [-0.2, -0.15) is 0 Å². The van der Waals surface area contributed by atoms with Crippen LogP contribution in [0.1, 0.15) is 78.8 Å². The van der Waals surface area contributed by atoms with Crippen molar-refractivity contribution in [3.63, 3.8) is 0 Å². The van der Waals surface area contributed by atoms with E-state index in [0.717, 1.165) is 12.1 Å². The fourth-order valence-electron chi connectivity index (χ4n) is 4.44. The minimum Gasteiger partial charge on any atom is -0.478 e. The third kappa shape index (κ3) is 7.19. The SMILES string of the molecule is C#Cc1ccc(C(=O)Nc2ccc(NC(=O)c3cc(C#C)ccc3C(=O)O)cc2NC(=O)c2ccc(C#C)cc2C(=O)O)c(C(=O)O)c1. The summed E-state index contributed by atoms with van der Waals surface area (Å²) in [5.41, 5.74) is -1.64. The van der Waals surface area contributed by atoms with Crippen LogP contribution >= 0.6 is 0 Å². The van der Waals surface area contributed by atoms with Crippen LogP contribution in [-0.4, -0.2) is 50.9 Å². The second-order valence-electron chi connectivity index (χ2n) is 9.75. The van der Waals surface area contributed by atoms with Crippen LogP contribution in [0.2, 0.25) is 0 Å². The third-order valence-electron chi connectivity index (χ3n) is 6.76. The van der Waals surface area contributed by atoms with Crippen molar-refractivity contribution in [1.29, 1.82) is 0 Å². The van der Waals surface area contributed by atoms with Crippen molar-refractivity contribution in [2.75, 3.05) is 16.0 Å². The molecular weight excluding hydrogens is 618 g/mol. The number of hydrogen-bond donors (Lipinski definition) is 6. The molecule has 4 aromatic carbocycles. The molecular formula is C36H21N3O9. The molecule has 0 bridgehead atoms. The lowest BCUT2D eigenvalue weighted by Crippen LogP contribution is -2.21. The Labute approximate surface area is 272 Å². The largest absolute Gasteiger partial charge is 0.478 e. The maximum absolute atomic E-state index is 13.4. The number of aromatic carboxylic acids is 3. The molecule has 0 atom stereocenters. The molecule has 0 aliphatic heterocycles. The first-order valence-corrected chi connectivity index (χ1v) is 13.5. The van der Waals surface area contributed by atoms with E-state index in [2.05, 4.69) is 33.7 Å². The van der Waals surface area contributed by atoms with Crippen molar-refractivity contribution < 1.29 is 44.1 Å². The lowest BCUT2D eigenvalue weighted by molar-refractivity contribution is 0.0683. The Hall–Kier alpha value is -7.62. The van der Waals surface area contributed by atoms with Crippen molar-refractivity contribution in [2.24, 2.45) is 0 Å². The first-order valence-electron chi connectivity index (χ1n) is 13.5. The molecule has 12 heteroatoms. The molecule has 0 unspecified atom stereocenters. The highest BCUT2D eigenvalue weighted by Crippen LogP contribution is 2.29. The molecule has 0 saturated carbocycles. The first kappa shape index (κ1) is 33.3. The minimum absolute atomic E-state index is 0.00137. The van der Waals surface area contributed by atoms with Crippen LogP contribution in [0.5, 0.6) is 0 Å². The summed E-state index contributed by atoms with van der Waals surface area (Å²) >= 11 is 0. The van der Waals surface area contributed by atoms with Gasteiger partial charge in [0.2, 0.25) is 0 Å². The number of amides is 3. The van der Waals surface area contributed by atoms with Gasteiger partial charge in [0.1, 0.15) is 0 Å². The van der Waals surface area contributed by atoms with Gasteiger partial charge in [-0.05, 0) is 72.8 Å². The standard InChI is InChI=1S/C36H21N3O9/c1-4-19-9-13-25(34(43)44)26(15-19)33(42)37-22-10-14-29(38-31(40)23-11-7-20(5-2)16-27(23)35(45)46)30(18-22)39-32(41)24-12-8-21(6-3)17-28(24)36(47)48/h1-3,7-18H,(H,37,42)(H,38,40)(H,39,41)(H,43,44)(H,45,46)(H,47,48). The number of nitrogens with one attached hydrogen (secondary N) is 3.